The van der Waals surface area contributed by atoms with Crippen molar-refractivity contribution in [2.45, 2.75) is 24.9 Å². The molecule has 100 valence electrons. The van der Waals surface area contributed by atoms with Gasteiger partial charge in [-0.1, -0.05) is 37.3 Å². The van der Waals surface area contributed by atoms with Gasteiger partial charge < -0.3 is 5.32 Å². The zero-order valence-corrected chi connectivity index (χ0v) is 12.0. The third-order valence-corrected chi connectivity index (χ3v) is 3.66. The van der Waals surface area contributed by atoms with Crippen molar-refractivity contribution in [1.82, 2.24) is 9.97 Å². The number of nitrogens with zero attached hydrogens (tertiary/aromatic N) is 2. The zero-order valence-electron chi connectivity index (χ0n) is 11.2. The van der Waals surface area contributed by atoms with E-state index in [0.717, 1.165) is 36.0 Å². The van der Waals surface area contributed by atoms with E-state index in [1.54, 1.807) is 0 Å². The van der Waals surface area contributed by atoms with Gasteiger partial charge in [-0.2, -0.15) is 11.8 Å². The molecule has 0 amide bonds. The number of aromatic nitrogens is 2. The SMILES string of the molecule is CCCNc1cnc(CSCc2ccccc2)cn1. The van der Waals surface area contributed by atoms with Gasteiger partial charge in [0.15, 0.2) is 0 Å². The molecule has 0 radical (unpaired) electrons. The van der Waals surface area contributed by atoms with E-state index in [1.165, 1.54) is 5.56 Å². The van der Waals surface area contributed by atoms with Crippen molar-refractivity contribution >= 4 is 17.6 Å². The van der Waals surface area contributed by atoms with Crippen LogP contribution < -0.4 is 5.32 Å². The van der Waals surface area contributed by atoms with Crippen LogP contribution in [-0.4, -0.2) is 16.5 Å². The first-order valence-corrected chi connectivity index (χ1v) is 7.70. The molecule has 0 aliphatic heterocycles. The normalized spacial score (nSPS) is 10.4. The van der Waals surface area contributed by atoms with Crippen LogP contribution in [0.25, 0.3) is 0 Å². The molecule has 0 aliphatic rings. The minimum atomic E-state index is 0.860. The Labute approximate surface area is 118 Å². The van der Waals surface area contributed by atoms with Gasteiger partial charge in [0.2, 0.25) is 0 Å². The summed E-state index contributed by atoms with van der Waals surface area (Å²) in [4.78, 5) is 8.77. The highest BCUT2D eigenvalue weighted by Gasteiger charge is 1.98. The maximum atomic E-state index is 4.42. The van der Waals surface area contributed by atoms with Crippen LogP contribution >= 0.6 is 11.8 Å². The van der Waals surface area contributed by atoms with Crippen LogP contribution in [0.15, 0.2) is 42.7 Å². The summed E-state index contributed by atoms with van der Waals surface area (Å²) in [7, 11) is 0. The molecule has 0 atom stereocenters. The first kappa shape index (κ1) is 13.9. The van der Waals surface area contributed by atoms with Crippen LogP contribution in [0.1, 0.15) is 24.6 Å². The van der Waals surface area contributed by atoms with Crippen molar-refractivity contribution < 1.29 is 0 Å². The second kappa shape index (κ2) is 7.79. The maximum absolute atomic E-state index is 4.42. The highest BCUT2D eigenvalue weighted by molar-refractivity contribution is 7.97. The Morgan fingerprint density at radius 2 is 1.89 bits per heavy atom. The largest absolute Gasteiger partial charge is 0.369 e. The molecule has 2 aromatic rings. The summed E-state index contributed by atoms with van der Waals surface area (Å²) >= 11 is 1.86. The number of hydrogen-bond acceptors (Lipinski definition) is 4. The number of hydrogen-bond donors (Lipinski definition) is 1. The molecule has 3 nitrogen and oxygen atoms in total. The summed E-state index contributed by atoms with van der Waals surface area (Å²) in [5.41, 5.74) is 2.38. The zero-order chi connectivity index (χ0) is 13.3. The molecule has 0 saturated carbocycles. The highest BCUT2D eigenvalue weighted by atomic mass is 32.2. The van der Waals surface area contributed by atoms with Crippen LogP contribution in [0.5, 0.6) is 0 Å². The van der Waals surface area contributed by atoms with Crippen LogP contribution in [0.2, 0.25) is 0 Å². The smallest absolute Gasteiger partial charge is 0.144 e. The lowest BCUT2D eigenvalue weighted by atomic mass is 10.2. The molecule has 19 heavy (non-hydrogen) atoms. The Hall–Kier alpha value is -1.55. The van der Waals surface area contributed by atoms with Gasteiger partial charge in [-0.25, -0.2) is 4.98 Å². The van der Waals surface area contributed by atoms with Gasteiger partial charge in [0.05, 0.1) is 18.1 Å². The molecule has 1 aromatic carbocycles. The minimum Gasteiger partial charge on any atom is -0.369 e. The van der Waals surface area contributed by atoms with E-state index >= 15 is 0 Å². The molecule has 0 aliphatic carbocycles. The predicted molar refractivity (Wildman–Crippen MR) is 82.3 cm³/mol. The standard InChI is InChI=1S/C15H19N3S/c1-2-8-16-15-10-17-14(9-18-15)12-19-11-13-6-4-3-5-7-13/h3-7,9-10H,2,8,11-12H2,1H3,(H,16,18). The summed E-state index contributed by atoms with van der Waals surface area (Å²) in [6, 6.07) is 10.5. The first-order chi connectivity index (χ1) is 9.38. The van der Waals surface area contributed by atoms with Crippen molar-refractivity contribution in [3.63, 3.8) is 0 Å². The third kappa shape index (κ3) is 4.91. The van der Waals surface area contributed by atoms with E-state index in [1.807, 2.05) is 30.2 Å². The second-order valence-corrected chi connectivity index (χ2v) is 5.28. The van der Waals surface area contributed by atoms with Gasteiger partial charge in [-0.3, -0.25) is 4.98 Å². The Bertz CT molecular complexity index is 471. The van der Waals surface area contributed by atoms with Crippen LogP contribution in [0, 0.1) is 0 Å². The Balaban J connectivity index is 1.77. The number of anilines is 1. The molecule has 0 unspecified atom stereocenters. The number of benzene rings is 1. The molecule has 0 bridgehead atoms. The van der Waals surface area contributed by atoms with E-state index < -0.39 is 0 Å². The van der Waals surface area contributed by atoms with Crippen molar-refractivity contribution in [3.05, 3.63) is 54.0 Å². The van der Waals surface area contributed by atoms with Crippen molar-refractivity contribution in [2.24, 2.45) is 0 Å². The Kier molecular flexibility index (Phi) is 5.69. The topological polar surface area (TPSA) is 37.8 Å². The van der Waals surface area contributed by atoms with Gasteiger partial charge in [-0.15, -0.1) is 0 Å². The van der Waals surface area contributed by atoms with Crippen LogP contribution in [-0.2, 0) is 11.5 Å². The van der Waals surface area contributed by atoms with E-state index in [-0.39, 0.29) is 0 Å². The molecular formula is C15H19N3S. The number of thioether (sulfide) groups is 1. The lowest BCUT2D eigenvalue weighted by Gasteiger charge is -2.04. The molecule has 0 saturated heterocycles. The van der Waals surface area contributed by atoms with Crippen molar-refractivity contribution in [3.8, 4) is 0 Å². The second-order valence-electron chi connectivity index (χ2n) is 4.30. The Morgan fingerprint density at radius 1 is 1.05 bits per heavy atom. The maximum Gasteiger partial charge on any atom is 0.144 e. The van der Waals surface area contributed by atoms with E-state index in [2.05, 4.69) is 46.5 Å². The lowest BCUT2D eigenvalue weighted by Crippen LogP contribution is -2.02. The van der Waals surface area contributed by atoms with Gasteiger partial charge in [-0.05, 0) is 12.0 Å². The average Bonchev–Trinajstić information content (AvgIpc) is 2.47. The summed E-state index contributed by atoms with van der Waals surface area (Å²) in [6.07, 6.45) is 4.76. The minimum absolute atomic E-state index is 0.860. The Morgan fingerprint density at radius 3 is 2.58 bits per heavy atom. The van der Waals surface area contributed by atoms with Gasteiger partial charge in [0.25, 0.3) is 0 Å². The van der Waals surface area contributed by atoms with Gasteiger partial charge in [0, 0.05) is 18.1 Å². The van der Waals surface area contributed by atoms with E-state index in [0.29, 0.717) is 0 Å². The monoisotopic (exact) mass is 273 g/mol. The number of nitrogens with one attached hydrogen (secondary N) is 1. The number of rotatable bonds is 7. The highest BCUT2D eigenvalue weighted by Crippen LogP contribution is 2.16. The fourth-order valence-corrected chi connectivity index (χ4v) is 2.51. The van der Waals surface area contributed by atoms with E-state index in [9.17, 15) is 0 Å². The molecule has 1 heterocycles. The molecule has 1 N–H and O–H groups in total. The summed E-state index contributed by atoms with van der Waals surface area (Å²) in [5.74, 6) is 2.77. The van der Waals surface area contributed by atoms with Crippen molar-refractivity contribution in [1.29, 1.82) is 0 Å². The summed E-state index contributed by atoms with van der Waals surface area (Å²) < 4.78 is 0. The average molecular weight is 273 g/mol. The molecule has 4 heteroatoms. The van der Waals surface area contributed by atoms with Gasteiger partial charge >= 0.3 is 0 Å². The third-order valence-electron chi connectivity index (χ3n) is 2.62. The molecule has 0 fully saturated rings. The molecule has 0 spiro atoms. The molecule has 1 aromatic heterocycles. The van der Waals surface area contributed by atoms with Crippen LogP contribution in [0.4, 0.5) is 5.82 Å². The fourth-order valence-electron chi connectivity index (χ4n) is 1.62. The van der Waals surface area contributed by atoms with Crippen LogP contribution in [0.3, 0.4) is 0 Å². The van der Waals surface area contributed by atoms with Gasteiger partial charge in [0.1, 0.15) is 5.82 Å². The molecular weight excluding hydrogens is 254 g/mol. The first-order valence-electron chi connectivity index (χ1n) is 6.55. The lowest BCUT2D eigenvalue weighted by molar-refractivity contribution is 0.960. The molecule has 2 rings (SSSR count). The quantitative estimate of drug-likeness (QED) is 0.834. The predicted octanol–water partition coefficient (Wildman–Crippen LogP) is 3.73. The van der Waals surface area contributed by atoms with Crippen molar-refractivity contribution in [2.75, 3.05) is 11.9 Å². The summed E-state index contributed by atoms with van der Waals surface area (Å²) in [5, 5.41) is 3.22. The van der Waals surface area contributed by atoms with E-state index in [4.69, 9.17) is 0 Å². The summed E-state index contributed by atoms with van der Waals surface area (Å²) in [6.45, 7) is 3.08. The fraction of sp³-hybridized carbons (Fsp3) is 0.333.